The maximum absolute atomic E-state index is 5.10. The first kappa shape index (κ1) is 7.14. The van der Waals surface area contributed by atoms with Gasteiger partial charge in [-0.1, -0.05) is 6.42 Å². The monoisotopic (exact) mass is 118 g/mol. The molecule has 1 fully saturated rings. The third-order valence-corrected chi connectivity index (χ3v) is 1.84. The van der Waals surface area contributed by atoms with Crippen molar-refractivity contribution >= 4 is 9.76 Å². The van der Waals surface area contributed by atoms with Crippen LogP contribution >= 0.6 is 0 Å². The molecule has 1 aliphatic rings. The Hall–Kier alpha value is 0.137. The molecule has 1 rings (SSSR count). The Labute approximate surface area is 46.1 Å². The average molecular weight is 118 g/mol. The highest BCUT2D eigenvalue weighted by molar-refractivity contribution is 6.27. The molecule has 0 aliphatic carbocycles. The lowest BCUT2D eigenvalue weighted by Crippen LogP contribution is -2.06. The van der Waals surface area contributed by atoms with E-state index in [0.29, 0.717) is 0 Å². The van der Waals surface area contributed by atoms with Crippen LogP contribution in [0.4, 0.5) is 0 Å². The van der Waals surface area contributed by atoms with Crippen molar-refractivity contribution in [1.82, 2.24) is 0 Å². The molecule has 2 radical (unpaired) electrons. The largest absolute Gasteiger partial charge is 0.417 e. The molecular weight excluding hydrogens is 108 g/mol. The van der Waals surface area contributed by atoms with Gasteiger partial charge in [0, 0.05) is 6.61 Å². The van der Waals surface area contributed by atoms with Gasteiger partial charge < -0.3 is 9.90 Å². The van der Waals surface area contributed by atoms with Crippen molar-refractivity contribution < 1.29 is 9.90 Å². The molecule has 0 atom stereocenters. The van der Waals surface area contributed by atoms with Crippen molar-refractivity contribution in [2.75, 3.05) is 6.61 Å². The molecule has 0 unspecified atom stereocenters. The highest BCUT2D eigenvalue weighted by Crippen LogP contribution is 2.01. The van der Waals surface area contributed by atoms with E-state index in [-0.39, 0.29) is 5.48 Å². The third-order valence-electron chi connectivity index (χ3n) is 0.877. The zero-order chi connectivity index (χ0) is 4.24. The lowest BCUT2D eigenvalue weighted by atomic mass is 10.4. The first-order valence-electron chi connectivity index (χ1n) is 2.35. The molecule has 1 saturated heterocycles. The fraction of sp³-hybridized carbons (Fsp3) is 1.00. The predicted octanol–water partition coefficient (Wildman–Crippen LogP) is 0.00960. The van der Waals surface area contributed by atoms with Crippen molar-refractivity contribution in [2.24, 2.45) is 0 Å². The van der Waals surface area contributed by atoms with Crippen LogP contribution in [0.1, 0.15) is 12.8 Å². The zero-order valence-corrected chi connectivity index (χ0v) is 5.24. The highest BCUT2D eigenvalue weighted by Gasteiger charge is 1.97. The quantitative estimate of drug-likeness (QED) is 0.413. The molecule has 7 heavy (non-hydrogen) atoms. The van der Waals surface area contributed by atoms with Crippen molar-refractivity contribution in [3.63, 3.8) is 0 Å². The standard InChI is InChI=1S/C4H8OSi.H2O/c1-2-4-6-5-3-1;/h1-4H2;1H2. The van der Waals surface area contributed by atoms with E-state index in [4.69, 9.17) is 4.43 Å². The summed E-state index contributed by atoms with van der Waals surface area (Å²) in [5.41, 5.74) is 0. The minimum Gasteiger partial charge on any atom is -0.417 e. The molecule has 2 nitrogen and oxygen atoms in total. The maximum atomic E-state index is 5.10. The molecule has 42 valence electrons. The van der Waals surface area contributed by atoms with Crippen LogP contribution in [0.5, 0.6) is 0 Å². The number of hydrogen-bond donors (Lipinski definition) is 0. The van der Waals surface area contributed by atoms with Gasteiger partial charge in [0.15, 0.2) is 0 Å². The SMILES string of the molecule is C1CC[Si]OC1.O. The van der Waals surface area contributed by atoms with Gasteiger partial charge in [-0.2, -0.15) is 0 Å². The predicted molar refractivity (Wildman–Crippen MR) is 29.4 cm³/mol. The molecule has 0 bridgehead atoms. The smallest absolute Gasteiger partial charge is 0.229 e. The maximum Gasteiger partial charge on any atom is 0.229 e. The number of hydrogen-bond acceptors (Lipinski definition) is 1. The Morgan fingerprint density at radius 3 is 2.29 bits per heavy atom. The lowest BCUT2D eigenvalue weighted by Gasteiger charge is -2.06. The fourth-order valence-corrected chi connectivity index (χ4v) is 1.34. The first-order chi connectivity index (χ1) is 3.00. The summed E-state index contributed by atoms with van der Waals surface area (Å²) in [6.07, 6.45) is 2.67. The second-order valence-electron chi connectivity index (χ2n) is 1.45. The van der Waals surface area contributed by atoms with Gasteiger partial charge in [-0.15, -0.1) is 0 Å². The Balaban J connectivity index is 0.000000360. The minimum atomic E-state index is 0. The van der Waals surface area contributed by atoms with Crippen LogP contribution in [-0.4, -0.2) is 21.8 Å². The summed E-state index contributed by atoms with van der Waals surface area (Å²) >= 11 is 0. The van der Waals surface area contributed by atoms with E-state index in [1.165, 1.54) is 18.9 Å². The Kier molecular flexibility index (Phi) is 4.38. The Morgan fingerprint density at radius 2 is 2.14 bits per heavy atom. The summed E-state index contributed by atoms with van der Waals surface area (Å²) in [5, 5.41) is 0. The van der Waals surface area contributed by atoms with E-state index in [1.54, 1.807) is 0 Å². The average Bonchev–Trinajstić information content (AvgIpc) is 1.72. The third kappa shape index (κ3) is 2.79. The van der Waals surface area contributed by atoms with Gasteiger partial charge in [-0.25, -0.2) is 0 Å². The van der Waals surface area contributed by atoms with E-state index >= 15 is 0 Å². The molecule has 0 aromatic rings. The van der Waals surface area contributed by atoms with Gasteiger partial charge in [0.2, 0.25) is 9.76 Å². The fourth-order valence-electron chi connectivity index (χ4n) is 0.516. The summed E-state index contributed by atoms with van der Waals surface area (Å²) < 4.78 is 5.10. The molecule has 0 saturated carbocycles. The zero-order valence-electron chi connectivity index (χ0n) is 4.24. The number of rotatable bonds is 0. The second-order valence-corrected chi connectivity index (χ2v) is 2.53. The van der Waals surface area contributed by atoms with Crippen LogP contribution in [0.2, 0.25) is 6.04 Å². The van der Waals surface area contributed by atoms with Crippen LogP contribution in [0.25, 0.3) is 0 Å². The van der Waals surface area contributed by atoms with Crippen LogP contribution in [0.3, 0.4) is 0 Å². The Morgan fingerprint density at radius 1 is 1.29 bits per heavy atom. The molecule has 0 aromatic heterocycles. The van der Waals surface area contributed by atoms with Gasteiger partial charge in [0.05, 0.1) is 0 Å². The van der Waals surface area contributed by atoms with Crippen LogP contribution in [0, 0.1) is 0 Å². The van der Waals surface area contributed by atoms with Gasteiger partial charge in [0.25, 0.3) is 0 Å². The minimum absolute atomic E-state index is 0. The van der Waals surface area contributed by atoms with Gasteiger partial charge in [0.1, 0.15) is 0 Å². The lowest BCUT2D eigenvalue weighted by molar-refractivity contribution is 0.304. The van der Waals surface area contributed by atoms with Gasteiger partial charge >= 0.3 is 0 Å². The summed E-state index contributed by atoms with van der Waals surface area (Å²) in [4.78, 5) is 0. The first-order valence-corrected chi connectivity index (χ1v) is 3.46. The van der Waals surface area contributed by atoms with Crippen molar-refractivity contribution in [3.8, 4) is 0 Å². The van der Waals surface area contributed by atoms with Crippen LogP contribution in [0.15, 0.2) is 0 Å². The highest BCUT2D eigenvalue weighted by atomic mass is 28.2. The van der Waals surface area contributed by atoms with Gasteiger partial charge in [-0.3, -0.25) is 0 Å². The molecule has 0 aromatic carbocycles. The van der Waals surface area contributed by atoms with E-state index in [2.05, 4.69) is 0 Å². The second kappa shape index (κ2) is 4.30. The van der Waals surface area contributed by atoms with E-state index < -0.39 is 0 Å². The summed E-state index contributed by atoms with van der Waals surface area (Å²) in [6, 6.07) is 1.31. The summed E-state index contributed by atoms with van der Waals surface area (Å²) in [6.45, 7) is 1.01. The summed E-state index contributed by atoms with van der Waals surface area (Å²) in [7, 11) is 0.802. The van der Waals surface area contributed by atoms with Gasteiger partial charge in [-0.05, 0) is 12.5 Å². The van der Waals surface area contributed by atoms with E-state index in [9.17, 15) is 0 Å². The Bertz CT molecular complexity index is 25.2. The molecule has 2 N–H and O–H groups in total. The normalized spacial score (nSPS) is 20.6. The molecule has 1 heterocycles. The molecule has 0 spiro atoms. The molecular formula is C4H10O2Si. The van der Waals surface area contributed by atoms with Crippen LogP contribution in [-0.2, 0) is 4.43 Å². The molecule has 0 amide bonds. The van der Waals surface area contributed by atoms with E-state index in [0.717, 1.165) is 16.4 Å². The van der Waals surface area contributed by atoms with E-state index in [1.807, 2.05) is 0 Å². The van der Waals surface area contributed by atoms with Crippen molar-refractivity contribution in [1.29, 1.82) is 0 Å². The molecule has 1 aliphatic heterocycles. The van der Waals surface area contributed by atoms with Crippen molar-refractivity contribution in [2.45, 2.75) is 18.9 Å². The van der Waals surface area contributed by atoms with Crippen LogP contribution < -0.4 is 0 Å². The van der Waals surface area contributed by atoms with Crippen molar-refractivity contribution in [3.05, 3.63) is 0 Å². The molecule has 3 heteroatoms. The summed E-state index contributed by atoms with van der Waals surface area (Å²) in [5.74, 6) is 0. The topological polar surface area (TPSA) is 40.7 Å².